The Morgan fingerprint density at radius 3 is 2.93 bits per heavy atom. The first kappa shape index (κ1) is 10.1. The summed E-state index contributed by atoms with van der Waals surface area (Å²) in [4.78, 5) is 15.8. The first-order valence-corrected chi connectivity index (χ1v) is 5.53. The fourth-order valence-corrected chi connectivity index (χ4v) is 2.49. The van der Waals surface area contributed by atoms with Crippen LogP contribution in [0.15, 0.2) is 0 Å². The number of hydrogen-bond donors (Lipinski definition) is 1. The number of rotatable bonds is 3. The van der Waals surface area contributed by atoms with E-state index in [-0.39, 0.29) is 5.69 Å². The molecule has 0 aromatic carbocycles. The maximum absolute atomic E-state index is 11.0. The first-order chi connectivity index (χ1) is 7.13. The minimum Gasteiger partial charge on any atom is -0.476 e. The zero-order chi connectivity index (χ0) is 11.0. The second-order valence-electron chi connectivity index (χ2n) is 3.29. The summed E-state index contributed by atoms with van der Waals surface area (Å²) in [5.74, 6) is -0.978. The number of imidazole rings is 1. The Labute approximate surface area is 90.4 Å². The molecule has 0 aliphatic heterocycles. The smallest absolute Gasteiger partial charge is 0.356 e. The number of carbonyl (C=O) groups is 1. The van der Waals surface area contributed by atoms with Gasteiger partial charge >= 0.3 is 5.97 Å². The zero-order valence-corrected chi connectivity index (χ0v) is 9.34. The molecule has 2 rings (SSSR count). The van der Waals surface area contributed by atoms with E-state index >= 15 is 0 Å². The number of hydrogen-bond acceptors (Lipinski definition) is 4. The molecular weight excluding hydrogens is 214 g/mol. The second kappa shape index (κ2) is 3.62. The van der Waals surface area contributed by atoms with Crippen molar-refractivity contribution in [3.05, 3.63) is 16.4 Å². The number of fused-ring (bicyclic) bond motifs is 1. The van der Waals surface area contributed by atoms with E-state index < -0.39 is 5.97 Å². The molecule has 0 radical (unpaired) electrons. The van der Waals surface area contributed by atoms with Gasteiger partial charge in [0.2, 0.25) is 4.96 Å². The van der Waals surface area contributed by atoms with Crippen LogP contribution in [0.3, 0.4) is 0 Å². The summed E-state index contributed by atoms with van der Waals surface area (Å²) in [5, 5.41) is 14.2. The topological polar surface area (TPSA) is 67.5 Å². The van der Waals surface area contributed by atoms with Crippen LogP contribution < -0.4 is 0 Å². The van der Waals surface area contributed by atoms with Crippen molar-refractivity contribution in [3.8, 4) is 0 Å². The Kier molecular flexibility index (Phi) is 2.44. The third-order valence-electron chi connectivity index (χ3n) is 2.09. The van der Waals surface area contributed by atoms with Gasteiger partial charge in [-0.25, -0.2) is 9.78 Å². The minimum absolute atomic E-state index is 0.170. The lowest BCUT2D eigenvalue weighted by Gasteiger charge is -1.91. The summed E-state index contributed by atoms with van der Waals surface area (Å²) in [6.45, 7) is 3.75. The number of carboxylic acid groups (broad SMARTS) is 1. The molecule has 2 heterocycles. The van der Waals surface area contributed by atoms with Crippen LogP contribution in [-0.4, -0.2) is 25.7 Å². The summed E-state index contributed by atoms with van der Waals surface area (Å²) < 4.78 is 1.42. The third-order valence-corrected chi connectivity index (χ3v) is 3.05. The molecule has 0 bridgehead atoms. The molecule has 6 heteroatoms. The van der Waals surface area contributed by atoms with Crippen molar-refractivity contribution in [3.63, 3.8) is 0 Å². The Balaban J connectivity index is 2.58. The van der Waals surface area contributed by atoms with Crippen LogP contribution in [0.5, 0.6) is 0 Å². The fraction of sp³-hybridized carbons (Fsp3) is 0.444. The highest BCUT2D eigenvalue weighted by atomic mass is 32.1. The molecule has 80 valence electrons. The van der Waals surface area contributed by atoms with E-state index in [2.05, 4.69) is 17.0 Å². The fourth-order valence-electron chi connectivity index (χ4n) is 1.45. The molecular formula is C9H11N3O2S. The largest absolute Gasteiger partial charge is 0.476 e. The van der Waals surface area contributed by atoms with E-state index in [0.717, 1.165) is 17.8 Å². The van der Waals surface area contributed by atoms with Gasteiger partial charge in [-0.2, -0.15) is 9.61 Å². The molecule has 2 aromatic heterocycles. The van der Waals surface area contributed by atoms with Crippen LogP contribution in [0.25, 0.3) is 4.96 Å². The Bertz CT molecular complexity index is 515. The van der Waals surface area contributed by atoms with E-state index in [1.54, 1.807) is 6.92 Å². The minimum atomic E-state index is -0.978. The lowest BCUT2D eigenvalue weighted by Crippen LogP contribution is -2.04. The Morgan fingerprint density at radius 1 is 1.60 bits per heavy atom. The van der Waals surface area contributed by atoms with Crippen molar-refractivity contribution < 1.29 is 9.90 Å². The predicted molar refractivity (Wildman–Crippen MR) is 56.6 cm³/mol. The van der Waals surface area contributed by atoms with Crippen LogP contribution in [-0.2, 0) is 6.42 Å². The van der Waals surface area contributed by atoms with Crippen LogP contribution in [0.4, 0.5) is 0 Å². The molecule has 15 heavy (non-hydrogen) atoms. The van der Waals surface area contributed by atoms with Crippen molar-refractivity contribution in [2.75, 3.05) is 0 Å². The average molecular weight is 225 g/mol. The van der Waals surface area contributed by atoms with Gasteiger partial charge in [0.05, 0.1) is 5.69 Å². The van der Waals surface area contributed by atoms with Gasteiger partial charge in [-0.15, -0.1) is 0 Å². The zero-order valence-electron chi connectivity index (χ0n) is 8.52. The van der Waals surface area contributed by atoms with Crippen molar-refractivity contribution in [2.24, 2.45) is 0 Å². The van der Waals surface area contributed by atoms with E-state index in [1.165, 1.54) is 15.9 Å². The number of carboxylic acids is 1. The highest BCUT2D eigenvalue weighted by molar-refractivity contribution is 7.16. The van der Waals surface area contributed by atoms with Gasteiger partial charge in [0.1, 0.15) is 5.01 Å². The van der Waals surface area contributed by atoms with E-state index in [1.807, 2.05) is 0 Å². The van der Waals surface area contributed by atoms with Gasteiger partial charge in [-0.1, -0.05) is 18.3 Å². The maximum atomic E-state index is 11.0. The average Bonchev–Trinajstić information content (AvgIpc) is 2.59. The summed E-state index contributed by atoms with van der Waals surface area (Å²) >= 11 is 1.45. The molecule has 2 aromatic rings. The first-order valence-electron chi connectivity index (χ1n) is 4.71. The van der Waals surface area contributed by atoms with Gasteiger partial charge < -0.3 is 5.11 Å². The Morgan fingerprint density at radius 2 is 2.33 bits per heavy atom. The lowest BCUT2D eigenvalue weighted by molar-refractivity contribution is 0.0687. The van der Waals surface area contributed by atoms with Crippen LogP contribution >= 0.6 is 11.3 Å². The number of nitrogens with zero attached hydrogens (tertiary/aromatic N) is 3. The van der Waals surface area contributed by atoms with E-state index in [4.69, 9.17) is 5.11 Å². The molecule has 0 saturated carbocycles. The summed E-state index contributed by atoms with van der Waals surface area (Å²) in [6.07, 6.45) is 1.87. The Hall–Kier alpha value is -1.43. The quantitative estimate of drug-likeness (QED) is 0.864. The molecule has 0 aliphatic carbocycles. The number of aromatic nitrogens is 3. The van der Waals surface area contributed by atoms with Crippen molar-refractivity contribution in [2.45, 2.75) is 26.7 Å². The standard InChI is InChI=1S/C9H11N3O2S/c1-3-4-6-11-12-7(8(13)14)5(2)10-9(12)15-6/h3-4H2,1-2H3,(H,13,14). The molecule has 5 nitrogen and oxygen atoms in total. The summed E-state index contributed by atoms with van der Waals surface area (Å²) in [7, 11) is 0. The second-order valence-corrected chi connectivity index (χ2v) is 4.33. The van der Waals surface area contributed by atoms with Gasteiger partial charge in [0, 0.05) is 6.42 Å². The number of aryl methyl sites for hydroxylation is 2. The molecule has 0 amide bonds. The summed E-state index contributed by atoms with van der Waals surface area (Å²) in [5.41, 5.74) is 0.688. The maximum Gasteiger partial charge on any atom is 0.356 e. The molecule has 0 atom stereocenters. The highest BCUT2D eigenvalue weighted by Crippen LogP contribution is 2.19. The van der Waals surface area contributed by atoms with Gasteiger partial charge in [-0.3, -0.25) is 0 Å². The predicted octanol–water partition coefficient (Wildman–Crippen LogP) is 1.75. The summed E-state index contributed by atoms with van der Waals surface area (Å²) in [6, 6.07) is 0. The van der Waals surface area contributed by atoms with Crippen LogP contribution in [0, 0.1) is 6.92 Å². The molecule has 0 spiro atoms. The van der Waals surface area contributed by atoms with Crippen LogP contribution in [0.2, 0.25) is 0 Å². The lowest BCUT2D eigenvalue weighted by atomic mass is 10.3. The monoisotopic (exact) mass is 225 g/mol. The van der Waals surface area contributed by atoms with Crippen molar-refractivity contribution in [1.29, 1.82) is 0 Å². The van der Waals surface area contributed by atoms with Crippen molar-refractivity contribution in [1.82, 2.24) is 14.6 Å². The SMILES string of the molecule is CCCc1nn2c(C(=O)O)c(C)nc2s1. The highest BCUT2D eigenvalue weighted by Gasteiger charge is 2.18. The van der Waals surface area contributed by atoms with Crippen LogP contribution in [0.1, 0.15) is 34.5 Å². The normalized spacial score (nSPS) is 11.1. The molecule has 0 unspecified atom stereocenters. The molecule has 0 aliphatic rings. The van der Waals surface area contributed by atoms with E-state index in [9.17, 15) is 4.79 Å². The number of aromatic carboxylic acids is 1. The van der Waals surface area contributed by atoms with Gasteiger partial charge in [0.25, 0.3) is 0 Å². The molecule has 0 saturated heterocycles. The van der Waals surface area contributed by atoms with Gasteiger partial charge in [-0.05, 0) is 13.3 Å². The third kappa shape index (κ3) is 1.61. The molecule has 0 fully saturated rings. The van der Waals surface area contributed by atoms with Gasteiger partial charge in [0.15, 0.2) is 5.69 Å². The van der Waals surface area contributed by atoms with Crippen molar-refractivity contribution >= 4 is 22.3 Å². The molecule has 1 N–H and O–H groups in total. The van der Waals surface area contributed by atoms with E-state index in [0.29, 0.717) is 10.7 Å².